The fourth-order valence-corrected chi connectivity index (χ4v) is 4.61. The first-order valence-corrected chi connectivity index (χ1v) is 10.9. The Hall–Kier alpha value is -2.62. The summed E-state index contributed by atoms with van der Waals surface area (Å²) >= 11 is 6.29. The molecular formula is C26H28ClN2O+. The van der Waals surface area contributed by atoms with E-state index in [2.05, 4.69) is 29.6 Å². The third-order valence-corrected chi connectivity index (χ3v) is 6.36. The predicted molar refractivity (Wildman–Crippen MR) is 125 cm³/mol. The molecule has 1 aliphatic rings. The summed E-state index contributed by atoms with van der Waals surface area (Å²) in [6.07, 6.45) is 3.29. The van der Waals surface area contributed by atoms with Gasteiger partial charge in [0.1, 0.15) is 0 Å². The van der Waals surface area contributed by atoms with Gasteiger partial charge in [-0.15, -0.1) is 0 Å². The van der Waals surface area contributed by atoms with Gasteiger partial charge in [-0.3, -0.25) is 5.32 Å². The number of fused-ring (bicyclic) bond motifs is 1. The molecule has 0 spiro atoms. The van der Waals surface area contributed by atoms with Crippen molar-refractivity contribution < 1.29 is 9.28 Å². The molecule has 30 heavy (non-hydrogen) atoms. The molecule has 4 rings (SSSR count). The van der Waals surface area contributed by atoms with E-state index in [0.29, 0.717) is 10.4 Å². The number of anilines is 1. The second-order valence-corrected chi connectivity index (χ2v) is 9.14. The zero-order chi connectivity index (χ0) is 21.1. The third kappa shape index (κ3) is 4.58. The minimum atomic E-state index is 0.0133. The van der Waals surface area contributed by atoms with E-state index in [0.717, 1.165) is 47.6 Å². The summed E-state index contributed by atoms with van der Waals surface area (Å²) < 4.78 is 0.319. The van der Waals surface area contributed by atoms with Crippen LogP contribution in [0.1, 0.15) is 17.5 Å². The predicted octanol–water partition coefficient (Wildman–Crippen LogP) is 6.42. The molecule has 0 fully saturated rings. The smallest absolute Gasteiger partial charge is 0.275 e. The zero-order valence-corrected chi connectivity index (χ0v) is 18.3. The van der Waals surface area contributed by atoms with E-state index in [1.165, 1.54) is 11.1 Å². The normalized spacial score (nSPS) is 16.0. The Bertz CT molecular complexity index is 1040. The zero-order valence-electron chi connectivity index (χ0n) is 17.6. The van der Waals surface area contributed by atoms with Crippen molar-refractivity contribution in [2.75, 3.05) is 26.0 Å². The van der Waals surface area contributed by atoms with Crippen LogP contribution in [0.15, 0.2) is 72.8 Å². The van der Waals surface area contributed by atoms with E-state index in [1.807, 2.05) is 62.6 Å². The number of hydrogen-bond acceptors (Lipinski definition) is 1. The summed E-state index contributed by atoms with van der Waals surface area (Å²) in [5.41, 5.74) is 5.72. The Balaban J connectivity index is 1.40. The Morgan fingerprint density at radius 2 is 1.63 bits per heavy atom. The third-order valence-electron chi connectivity index (χ3n) is 6.03. The standard InChI is InChI=1S/C26H27ClN2O/c1-29(2,18-19-11-12-20-7-3-4-8-22(20)17-19)26(30)28-23-15-13-21(14-16-23)24-9-5-6-10-25(24)27/h3-10,13-16,19H,11-12,17-18H2,1-2H3/p+1. The second kappa shape index (κ2) is 8.63. The molecule has 3 nitrogen and oxygen atoms in total. The van der Waals surface area contributed by atoms with Crippen molar-refractivity contribution in [3.8, 4) is 11.1 Å². The summed E-state index contributed by atoms with van der Waals surface area (Å²) in [6, 6.07) is 24.3. The molecule has 1 N–H and O–H groups in total. The topological polar surface area (TPSA) is 29.1 Å². The molecule has 3 aromatic carbocycles. The average molecular weight is 420 g/mol. The van der Waals surface area contributed by atoms with Gasteiger partial charge < -0.3 is 0 Å². The van der Waals surface area contributed by atoms with E-state index >= 15 is 0 Å². The minimum absolute atomic E-state index is 0.0133. The Morgan fingerprint density at radius 1 is 0.967 bits per heavy atom. The van der Waals surface area contributed by atoms with Crippen LogP contribution in [0.3, 0.4) is 0 Å². The van der Waals surface area contributed by atoms with Crippen LogP contribution >= 0.6 is 11.6 Å². The monoisotopic (exact) mass is 419 g/mol. The molecule has 0 saturated heterocycles. The van der Waals surface area contributed by atoms with E-state index < -0.39 is 0 Å². The van der Waals surface area contributed by atoms with Crippen molar-refractivity contribution in [2.24, 2.45) is 5.92 Å². The van der Waals surface area contributed by atoms with Crippen LogP contribution in [0.2, 0.25) is 5.02 Å². The van der Waals surface area contributed by atoms with E-state index in [-0.39, 0.29) is 6.03 Å². The highest BCUT2D eigenvalue weighted by Crippen LogP contribution is 2.29. The van der Waals surface area contributed by atoms with Crippen LogP contribution in [0.4, 0.5) is 10.5 Å². The molecule has 1 unspecified atom stereocenters. The highest BCUT2D eigenvalue weighted by atomic mass is 35.5. The number of quaternary nitrogens is 1. The maximum Gasteiger partial charge on any atom is 0.420 e. The maximum absolute atomic E-state index is 13.0. The lowest BCUT2D eigenvalue weighted by molar-refractivity contribution is -0.810. The number of urea groups is 1. The van der Waals surface area contributed by atoms with Gasteiger partial charge in [0.2, 0.25) is 0 Å². The lowest BCUT2D eigenvalue weighted by atomic mass is 9.83. The summed E-state index contributed by atoms with van der Waals surface area (Å²) in [5, 5.41) is 3.81. The Labute approximate surface area is 183 Å². The van der Waals surface area contributed by atoms with Crippen LogP contribution in [-0.2, 0) is 12.8 Å². The first-order chi connectivity index (χ1) is 14.4. The van der Waals surface area contributed by atoms with Crippen LogP contribution in [0.5, 0.6) is 0 Å². The van der Waals surface area contributed by atoms with Gasteiger partial charge >= 0.3 is 6.03 Å². The second-order valence-electron chi connectivity index (χ2n) is 8.73. The van der Waals surface area contributed by atoms with Crippen LogP contribution in [-0.4, -0.2) is 31.2 Å². The van der Waals surface area contributed by atoms with E-state index in [9.17, 15) is 4.79 Å². The number of halogens is 1. The average Bonchev–Trinajstić information content (AvgIpc) is 2.74. The van der Waals surface area contributed by atoms with Gasteiger partial charge in [0.25, 0.3) is 0 Å². The number of nitrogens with zero attached hydrogens (tertiary/aromatic N) is 1. The Morgan fingerprint density at radius 3 is 2.37 bits per heavy atom. The molecule has 0 saturated carbocycles. The van der Waals surface area contributed by atoms with Crippen LogP contribution in [0.25, 0.3) is 11.1 Å². The highest BCUT2D eigenvalue weighted by Gasteiger charge is 2.32. The van der Waals surface area contributed by atoms with Crippen molar-refractivity contribution >= 4 is 23.3 Å². The number of amides is 2. The quantitative estimate of drug-likeness (QED) is 0.485. The van der Waals surface area contributed by atoms with Gasteiger partial charge in [-0.2, -0.15) is 0 Å². The summed E-state index contributed by atoms with van der Waals surface area (Å²) in [4.78, 5) is 13.0. The fourth-order valence-electron chi connectivity index (χ4n) is 4.36. The minimum Gasteiger partial charge on any atom is -0.275 e. The van der Waals surface area contributed by atoms with Gasteiger partial charge in [0, 0.05) is 22.2 Å². The van der Waals surface area contributed by atoms with Gasteiger partial charge in [0.15, 0.2) is 0 Å². The molecule has 0 aliphatic heterocycles. The van der Waals surface area contributed by atoms with Gasteiger partial charge in [0.05, 0.1) is 20.6 Å². The summed E-state index contributed by atoms with van der Waals surface area (Å²) in [7, 11) is 3.99. The Kier molecular flexibility index (Phi) is 5.94. The number of aryl methyl sites for hydroxylation is 1. The molecule has 0 heterocycles. The van der Waals surface area contributed by atoms with Crippen molar-refractivity contribution in [2.45, 2.75) is 19.3 Å². The number of hydrogen-bond donors (Lipinski definition) is 1. The molecule has 4 heteroatoms. The molecule has 1 atom stereocenters. The molecular weight excluding hydrogens is 392 g/mol. The first-order valence-electron chi connectivity index (χ1n) is 10.5. The number of carbonyl (C=O) groups is 1. The first kappa shape index (κ1) is 20.6. The summed E-state index contributed by atoms with van der Waals surface area (Å²) in [6.45, 7) is 0.831. The maximum atomic E-state index is 13.0. The number of nitrogens with one attached hydrogen (secondary N) is 1. The highest BCUT2D eigenvalue weighted by molar-refractivity contribution is 6.33. The lowest BCUT2D eigenvalue weighted by Gasteiger charge is -2.33. The molecule has 2 amide bonds. The molecule has 0 aromatic heterocycles. The number of benzene rings is 3. The molecule has 0 radical (unpaired) electrons. The van der Waals surface area contributed by atoms with Gasteiger partial charge in [-0.25, -0.2) is 9.28 Å². The summed E-state index contributed by atoms with van der Waals surface area (Å²) in [5.74, 6) is 0.517. The van der Waals surface area contributed by atoms with E-state index in [1.54, 1.807) is 0 Å². The van der Waals surface area contributed by atoms with Crippen molar-refractivity contribution in [3.05, 3.63) is 88.9 Å². The van der Waals surface area contributed by atoms with Gasteiger partial charge in [-0.1, -0.05) is 66.2 Å². The molecule has 0 bridgehead atoms. The number of carbonyl (C=O) groups excluding carboxylic acids is 1. The van der Waals surface area contributed by atoms with Crippen molar-refractivity contribution in [1.82, 2.24) is 0 Å². The number of rotatable bonds is 4. The van der Waals surface area contributed by atoms with Crippen LogP contribution < -0.4 is 5.32 Å². The lowest BCUT2D eigenvalue weighted by Crippen LogP contribution is -2.51. The van der Waals surface area contributed by atoms with E-state index in [4.69, 9.17) is 11.6 Å². The SMILES string of the molecule is C[N+](C)(CC1CCc2ccccc2C1)C(=O)Nc1ccc(-c2ccccc2Cl)cc1. The van der Waals surface area contributed by atoms with Crippen molar-refractivity contribution in [1.29, 1.82) is 0 Å². The molecule has 154 valence electrons. The molecule has 3 aromatic rings. The van der Waals surface area contributed by atoms with Crippen molar-refractivity contribution in [3.63, 3.8) is 0 Å². The van der Waals surface area contributed by atoms with Crippen LogP contribution in [0, 0.1) is 5.92 Å². The molecule has 1 aliphatic carbocycles. The van der Waals surface area contributed by atoms with Gasteiger partial charge in [-0.05, 0) is 54.2 Å². The fraction of sp³-hybridized carbons (Fsp3) is 0.269. The largest absolute Gasteiger partial charge is 0.420 e.